The molecule has 0 amide bonds. The van der Waals surface area contributed by atoms with E-state index in [0.29, 0.717) is 12.4 Å². The number of fused-ring (bicyclic) bond motifs is 1. The number of anilines is 1. The van der Waals surface area contributed by atoms with Crippen LogP contribution in [0, 0.1) is 11.8 Å². The van der Waals surface area contributed by atoms with Gasteiger partial charge in [0.1, 0.15) is 18.0 Å². The van der Waals surface area contributed by atoms with E-state index in [9.17, 15) is 27.6 Å². The van der Waals surface area contributed by atoms with Crippen molar-refractivity contribution < 1.29 is 27.6 Å². The summed E-state index contributed by atoms with van der Waals surface area (Å²) in [6.45, 7) is 3.10. The summed E-state index contributed by atoms with van der Waals surface area (Å²) in [5, 5.41) is 2.23. The molecule has 0 aromatic heterocycles. The number of hydrogen-bond acceptors (Lipinski definition) is 4. The van der Waals surface area contributed by atoms with Crippen molar-refractivity contribution in [3.63, 3.8) is 0 Å². The topological polar surface area (TPSA) is 75.6 Å². The molecule has 1 N–H and O–H groups in total. The van der Waals surface area contributed by atoms with Gasteiger partial charge in [-0.15, -0.1) is 0 Å². The second-order valence-corrected chi connectivity index (χ2v) is 6.51. The summed E-state index contributed by atoms with van der Waals surface area (Å²) >= 11 is 5.75. The highest BCUT2D eigenvalue weighted by atomic mass is 35.5. The Morgan fingerprint density at radius 1 is 1.38 bits per heavy atom. The largest absolute Gasteiger partial charge is 0.418 e. The van der Waals surface area contributed by atoms with Crippen LogP contribution in [-0.4, -0.2) is 30.2 Å². The van der Waals surface area contributed by atoms with Gasteiger partial charge >= 0.3 is 6.18 Å². The minimum absolute atomic E-state index is 0.0154. The fourth-order valence-corrected chi connectivity index (χ4v) is 2.82. The van der Waals surface area contributed by atoms with Gasteiger partial charge in [0.15, 0.2) is 11.6 Å². The Kier molecular flexibility index (Phi) is 5.85. The number of aldehydes is 1. The third-order valence-corrected chi connectivity index (χ3v) is 4.06. The van der Waals surface area contributed by atoms with E-state index in [1.165, 1.54) is 0 Å². The van der Waals surface area contributed by atoms with Crippen molar-refractivity contribution in [3.05, 3.63) is 28.3 Å². The van der Waals surface area contributed by atoms with E-state index in [4.69, 9.17) is 11.6 Å². The SMILES string of the molecule is CC(C)C(=O)C1C(=O)c2cc(Cl)cc(C(F)(F)F)c2NC1=NCCC=O. The molecule has 140 valence electrons. The Balaban J connectivity index is 2.65. The normalized spacial score (nSPS) is 18.7. The maximum Gasteiger partial charge on any atom is 0.418 e. The first-order valence-electron chi connectivity index (χ1n) is 7.81. The average molecular weight is 389 g/mol. The van der Waals surface area contributed by atoms with E-state index in [-0.39, 0.29) is 29.4 Å². The van der Waals surface area contributed by atoms with Gasteiger partial charge in [0.05, 0.1) is 11.3 Å². The molecule has 1 heterocycles. The zero-order chi connectivity index (χ0) is 19.6. The van der Waals surface area contributed by atoms with Crippen LogP contribution in [0.15, 0.2) is 17.1 Å². The highest BCUT2D eigenvalue weighted by molar-refractivity contribution is 6.35. The Bertz CT molecular complexity index is 788. The van der Waals surface area contributed by atoms with E-state index in [1.54, 1.807) is 13.8 Å². The lowest BCUT2D eigenvalue weighted by Gasteiger charge is -2.29. The van der Waals surface area contributed by atoms with Crippen molar-refractivity contribution in [2.75, 3.05) is 11.9 Å². The summed E-state index contributed by atoms with van der Waals surface area (Å²) in [6, 6.07) is 1.80. The highest BCUT2D eigenvalue weighted by Gasteiger charge is 2.43. The third kappa shape index (κ3) is 3.95. The number of ketones is 2. The van der Waals surface area contributed by atoms with Crippen LogP contribution in [-0.2, 0) is 15.8 Å². The quantitative estimate of drug-likeness (QED) is 0.473. The minimum Gasteiger partial charge on any atom is -0.342 e. The van der Waals surface area contributed by atoms with Crippen LogP contribution in [0.1, 0.15) is 36.2 Å². The van der Waals surface area contributed by atoms with Gasteiger partial charge in [-0.25, -0.2) is 0 Å². The summed E-state index contributed by atoms with van der Waals surface area (Å²) in [7, 11) is 0. The zero-order valence-corrected chi connectivity index (χ0v) is 14.7. The van der Waals surface area contributed by atoms with Gasteiger partial charge in [0, 0.05) is 29.5 Å². The van der Waals surface area contributed by atoms with E-state index in [2.05, 4.69) is 10.3 Å². The summed E-state index contributed by atoms with van der Waals surface area (Å²) in [5.41, 5.74) is -1.91. The molecule has 9 heteroatoms. The molecule has 0 radical (unpaired) electrons. The van der Waals surface area contributed by atoms with E-state index in [1.807, 2.05) is 0 Å². The molecule has 0 saturated heterocycles. The first-order valence-corrected chi connectivity index (χ1v) is 8.19. The van der Waals surface area contributed by atoms with Crippen LogP contribution in [0.2, 0.25) is 5.02 Å². The molecule has 1 aromatic rings. The Morgan fingerprint density at radius 2 is 2.04 bits per heavy atom. The smallest absolute Gasteiger partial charge is 0.342 e. The summed E-state index contributed by atoms with van der Waals surface area (Å²) in [4.78, 5) is 39.7. The van der Waals surface area contributed by atoms with Gasteiger partial charge < -0.3 is 10.1 Å². The average Bonchev–Trinajstić information content (AvgIpc) is 2.54. The molecule has 0 fully saturated rings. The summed E-state index contributed by atoms with van der Waals surface area (Å²) in [5.74, 6) is -3.35. The molecular weight excluding hydrogens is 373 g/mol. The maximum atomic E-state index is 13.3. The third-order valence-electron chi connectivity index (χ3n) is 3.85. The molecule has 1 unspecified atom stereocenters. The van der Waals surface area contributed by atoms with E-state index in [0.717, 1.165) is 6.07 Å². The van der Waals surface area contributed by atoms with Crippen molar-refractivity contribution in [2.24, 2.45) is 16.8 Å². The van der Waals surface area contributed by atoms with Gasteiger partial charge in [-0.1, -0.05) is 25.4 Å². The molecule has 1 aromatic carbocycles. The molecular formula is C17H16ClF3N2O3. The number of amidine groups is 1. The molecule has 2 rings (SSSR count). The highest BCUT2D eigenvalue weighted by Crippen LogP contribution is 2.41. The molecule has 26 heavy (non-hydrogen) atoms. The number of alkyl halides is 3. The van der Waals surface area contributed by atoms with Crippen LogP contribution in [0.5, 0.6) is 0 Å². The number of aliphatic imine (C=N–C) groups is 1. The lowest BCUT2D eigenvalue weighted by Crippen LogP contribution is -2.43. The zero-order valence-electron chi connectivity index (χ0n) is 14.0. The second-order valence-electron chi connectivity index (χ2n) is 6.08. The van der Waals surface area contributed by atoms with Crippen molar-refractivity contribution in [1.29, 1.82) is 0 Å². The predicted octanol–water partition coefficient (Wildman–Crippen LogP) is 3.80. The number of halogens is 4. The standard InChI is InChI=1S/C17H16ClF3N2O3/c1-8(2)14(25)12-15(26)10-6-9(18)7-11(17(19,20)21)13(10)23-16(12)22-4-3-5-24/h5-8,12H,3-4H2,1-2H3,(H,22,23). The van der Waals surface area contributed by atoms with Crippen LogP contribution in [0.25, 0.3) is 0 Å². The molecule has 0 spiro atoms. The number of benzene rings is 1. The Labute approximate surface area is 152 Å². The van der Waals surface area contributed by atoms with Gasteiger partial charge in [-0.05, 0) is 12.1 Å². The number of rotatable bonds is 5. The van der Waals surface area contributed by atoms with Gasteiger partial charge in [0.2, 0.25) is 0 Å². The summed E-state index contributed by atoms with van der Waals surface area (Å²) in [6.07, 6.45) is -4.16. The number of Topliss-reactive ketones (excluding diaryl/α,β-unsaturated/α-hetero) is 2. The van der Waals surface area contributed by atoms with Crippen molar-refractivity contribution in [1.82, 2.24) is 0 Å². The summed E-state index contributed by atoms with van der Waals surface area (Å²) < 4.78 is 40.0. The van der Waals surface area contributed by atoms with Gasteiger partial charge in [0.25, 0.3) is 0 Å². The van der Waals surface area contributed by atoms with E-state index >= 15 is 0 Å². The van der Waals surface area contributed by atoms with Crippen LogP contribution in [0.3, 0.4) is 0 Å². The Morgan fingerprint density at radius 3 is 2.58 bits per heavy atom. The predicted molar refractivity (Wildman–Crippen MR) is 90.7 cm³/mol. The molecule has 1 aliphatic heterocycles. The van der Waals surface area contributed by atoms with Gasteiger partial charge in [-0.3, -0.25) is 14.6 Å². The number of nitrogens with one attached hydrogen (secondary N) is 1. The van der Waals surface area contributed by atoms with Crippen LogP contribution in [0.4, 0.5) is 18.9 Å². The van der Waals surface area contributed by atoms with E-state index < -0.39 is 40.8 Å². The molecule has 0 bridgehead atoms. The molecule has 0 aliphatic carbocycles. The fourth-order valence-electron chi connectivity index (χ4n) is 2.61. The van der Waals surface area contributed by atoms with Crippen molar-refractivity contribution in [2.45, 2.75) is 26.4 Å². The monoisotopic (exact) mass is 388 g/mol. The van der Waals surface area contributed by atoms with Gasteiger partial charge in [-0.2, -0.15) is 13.2 Å². The maximum absolute atomic E-state index is 13.3. The molecule has 1 atom stereocenters. The molecule has 5 nitrogen and oxygen atoms in total. The minimum atomic E-state index is -4.76. The van der Waals surface area contributed by atoms with Crippen molar-refractivity contribution in [3.8, 4) is 0 Å². The molecule has 0 saturated carbocycles. The number of nitrogens with zero attached hydrogens (tertiary/aromatic N) is 1. The number of carbonyl (C=O) groups is 3. The molecule has 1 aliphatic rings. The first-order chi connectivity index (χ1) is 12.1. The second kappa shape index (κ2) is 7.57. The first kappa shape index (κ1) is 20.1. The number of hydrogen-bond donors (Lipinski definition) is 1. The number of carbonyl (C=O) groups excluding carboxylic acids is 3. The van der Waals surface area contributed by atoms with Crippen LogP contribution < -0.4 is 5.32 Å². The fraction of sp³-hybridized carbons (Fsp3) is 0.412. The van der Waals surface area contributed by atoms with Crippen molar-refractivity contribution >= 4 is 41.0 Å². The lowest BCUT2D eigenvalue weighted by atomic mass is 9.83. The van der Waals surface area contributed by atoms with Crippen LogP contribution >= 0.6 is 11.6 Å². The lowest BCUT2D eigenvalue weighted by molar-refractivity contribution is -0.137. The Hall–Kier alpha value is -2.22.